The number of ketones is 1. The fourth-order valence-electron chi connectivity index (χ4n) is 2.22. The SMILES string of the molecule is CCOC1(c2noc(CC(=O)CC)n2)CCOCC1. The monoisotopic (exact) mass is 268 g/mol. The average Bonchev–Trinajstić information content (AvgIpc) is 2.89. The van der Waals surface area contributed by atoms with Gasteiger partial charge in [-0.1, -0.05) is 12.1 Å². The molecule has 2 heterocycles. The molecule has 0 radical (unpaired) electrons. The lowest BCUT2D eigenvalue weighted by Gasteiger charge is -2.33. The van der Waals surface area contributed by atoms with Gasteiger partial charge in [0.2, 0.25) is 11.7 Å². The molecule has 0 unspecified atom stereocenters. The molecule has 6 heteroatoms. The zero-order valence-corrected chi connectivity index (χ0v) is 11.5. The Balaban J connectivity index is 2.15. The molecule has 1 aromatic rings. The number of nitrogens with zero attached hydrogens (tertiary/aromatic N) is 2. The maximum atomic E-state index is 11.4. The van der Waals surface area contributed by atoms with Crippen LogP contribution in [0.25, 0.3) is 0 Å². The summed E-state index contributed by atoms with van der Waals surface area (Å²) in [6, 6.07) is 0. The molecule has 0 aliphatic carbocycles. The molecule has 0 spiro atoms. The second kappa shape index (κ2) is 6.25. The van der Waals surface area contributed by atoms with Gasteiger partial charge in [-0.2, -0.15) is 4.98 Å². The van der Waals surface area contributed by atoms with Crippen LogP contribution in [0.5, 0.6) is 0 Å². The minimum atomic E-state index is -0.524. The van der Waals surface area contributed by atoms with E-state index in [4.69, 9.17) is 14.0 Å². The van der Waals surface area contributed by atoms with E-state index in [-0.39, 0.29) is 12.2 Å². The molecule has 1 saturated heterocycles. The highest BCUT2D eigenvalue weighted by molar-refractivity contribution is 5.79. The summed E-state index contributed by atoms with van der Waals surface area (Å²) in [5.41, 5.74) is -0.524. The van der Waals surface area contributed by atoms with Crippen molar-refractivity contribution in [1.29, 1.82) is 0 Å². The summed E-state index contributed by atoms with van der Waals surface area (Å²) in [4.78, 5) is 15.7. The van der Waals surface area contributed by atoms with Gasteiger partial charge in [0.15, 0.2) is 0 Å². The molecule has 1 fully saturated rings. The summed E-state index contributed by atoms with van der Waals surface area (Å²) in [6.45, 7) is 5.59. The third-order valence-corrected chi connectivity index (χ3v) is 3.34. The Labute approximate surface area is 112 Å². The van der Waals surface area contributed by atoms with E-state index >= 15 is 0 Å². The first-order valence-corrected chi connectivity index (χ1v) is 6.76. The highest BCUT2D eigenvalue weighted by Crippen LogP contribution is 2.34. The number of rotatable bonds is 6. The van der Waals surface area contributed by atoms with Crippen molar-refractivity contribution in [3.05, 3.63) is 11.7 Å². The first-order valence-electron chi connectivity index (χ1n) is 6.76. The maximum Gasteiger partial charge on any atom is 0.234 e. The Morgan fingerprint density at radius 2 is 2.11 bits per heavy atom. The third-order valence-electron chi connectivity index (χ3n) is 3.34. The first-order chi connectivity index (χ1) is 9.20. The van der Waals surface area contributed by atoms with Gasteiger partial charge in [-0.15, -0.1) is 0 Å². The summed E-state index contributed by atoms with van der Waals surface area (Å²) >= 11 is 0. The van der Waals surface area contributed by atoms with Crippen LogP contribution in [-0.2, 0) is 26.3 Å². The number of hydrogen-bond acceptors (Lipinski definition) is 6. The fourth-order valence-corrected chi connectivity index (χ4v) is 2.22. The highest BCUT2D eigenvalue weighted by atomic mass is 16.5. The van der Waals surface area contributed by atoms with Crippen molar-refractivity contribution in [3.8, 4) is 0 Å². The van der Waals surface area contributed by atoms with Crippen LogP contribution in [0.2, 0.25) is 0 Å². The van der Waals surface area contributed by atoms with Crippen LogP contribution < -0.4 is 0 Å². The lowest BCUT2D eigenvalue weighted by atomic mass is 9.93. The van der Waals surface area contributed by atoms with Crippen LogP contribution >= 0.6 is 0 Å². The Morgan fingerprint density at radius 1 is 1.37 bits per heavy atom. The molecule has 0 saturated carbocycles. The van der Waals surface area contributed by atoms with Crippen LogP contribution in [0.4, 0.5) is 0 Å². The van der Waals surface area contributed by atoms with E-state index in [2.05, 4.69) is 10.1 Å². The van der Waals surface area contributed by atoms with Gasteiger partial charge in [-0.05, 0) is 6.92 Å². The van der Waals surface area contributed by atoms with Gasteiger partial charge in [0.1, 0.15) is 11.4 Å². The average molecular weight is 268 g/mol. The van der Waals surface area contributed by atoms with Crippen molar-refractivity contribution in [3.63, 3.8) is 0 Å². The molecule has 0 amide bonds. The molecular formula is C13H20N2O4. The van der Waals surface area contributed by atoms with E-state index in [1.165, 1.54) is 0 Å². The lowest BCUT2D eigenvalue weighted by Crippen LogP contribution is -2.37. The van der Waals surface area contributed by atoms with E-state index in [9.17, 15) is 4.79 Å². The van der Waals surface area contributed by atoms with Gasteiger partial charge in [0.05, 0.1) is 6.42 Å². The number of carbonyl (C=O) groups is 1. The zero-order valence-electron chi connectivity index (χ0n) is 11.5. The normalized spacial score (nSPS) is 18.4. The van der Waals surface area contributed by atoms with E-state index in [1.54, 1.807) is 0 Å². The van der Waals surface area contributed by atoms with E-state index in [0.717, 1.165) is 0 Å². The lowest BCUT2D eigenvalue weighted by molar-refractivity contribution is -0.119. The largest absolute Gasteiger partial charge is 0.381 e. The Bertz CT molecular complexity index is 419. The number of carbonyl (C=O) groups excluding carboxylic acids is 1. The topological polar surface area (TPSA) is 74.5 Å². The summed E-state index contributed by atoms with van der Waals surface area (Å²) < 4.78 is 16.4. The smallest absolute Gasteiger partial charge is 0.234 e. The van der Waals surface area contributed by atoms with Crippen LogP contribution in [0.1, 0.15) is 44.8 Å². The minimum Gasteiger partial charge on any atom is -0.381 e. The number of Topliss-reactive ketones (excluding diaryl/α,β-unsaturated/α-hetero) is 1. The highest BCUT2D eigenvalue weighted by Gasteiger charge is 2.39. The molecule has 19 heavy (non-hydrogen) atoms. The summed E-state index contributed by atoms with van der Waals surface area (Å²) in [5, 5.41) is 4.00. The van der Waals surface area contributed by atoms with Gasteiger partial charge < -0.3 is 14.0 Å². The Hall–Kier alpha value is -1.27. The predicted molar refractivity (Wildman–Crippen MR) is 66.7 cm³/mol. The summed E-state index contributed by atoms with van der Waals surface area (Å²) in [5.74, 6) is 0.997. The molecule has 0 N–H and O–H groups in total. The van der Waals surface area contributed by atoms with Gasteiger partial charge in [0.25, 0.3) is 0 Å². The predicted octanol–water partition coefficient (Wildman–Crippen LogP) is 1.63. The second-order valence-corrected chi connectivity index (χ2v) is 4.62. The van der Waals surface area contributed by atoms with Gasteiger partial charge >= 0.3 is 0 Å². The molecule has 0 bridgehead atoms. The molecular weight excluding hydrogens is 248 g/mol. The van der Waals surface area contributed by atoms with Crippen molar-refractivity contribution >= 4 is 5.78 Å². The number of aromatic nitrogens is 2. The summed E-state index contributed by atoms with van der Waals surface area (Å²) in [6.07, 6.45) is 2.09. The maximum absolute atomic E-state index is 11.4. The van der Waals surface area contributed by atoms with Gasteiger partial charge in [0, 0.05) is 39.1 Å². The van der Waals surface area contributed by atoms with Gasteiger partial charge in [-0.25, -0.2) is 0 Å². The molecule has 0 atom stereocenters. The zero-order chi connectivity index (χ0) is 13.7. The quantitative estimate of drug-likeness (QED) is 0.780. The first kappa shape index (κ1) is 14.1. The van der Waals surface area contributed by atoms with Crippen LogP contribution in [0, 0.1) is 0 Å². The van der Waals surface area contributed by atoms with E-state index < -0.39 is 5.60 Å². The van der Waals surface area contributed by atoms with Crippen molar-refractivity contribution in [1.82, 2.24) is 10.1 Å². The van der Waals surface area contributed by atoms with Crippen LogP contribution in [0.15, 0.2) is 4.52 Å². The van der Waals surface area contributed by atoms with E-state index in [1.807, 2.05) is 13.8 Å². The van der Waals surface area contributed by atoms with Crippen molar-refractivity contribution in [2.24, 2.45) is 0 Å². The molecule has 1 aromatic heterocycles. The third kappa shape index (κ3) is 3.19. The molecule has 1 aliphatic heterocycles. The van der Waals surface area contributed by atoms with Crippen molar-refractivity contribution in [2.45, 2.75) is 45.1 Å². The second-order valence-electron chi connectivity index (χ2n) is 4.62. The summed E-state index contributed by atoms with van der Waals surface area (Å²) in [7, 11) is 0. The van der Waals surface area contributed by atoms with Crippen molar-refractivity contribution < 1.29 is 18.8 Å². The molecule has 1 aliphatic rings. The molecule has 6 nitrogen and oxygen atoms in total. The standard InChI is InChI=1S/C13H20N2O4/c1-3-10(16)9-11-14-12(15-19-11)13(18-4-2)5-7-17-8-6-13/h3-9H2,1-2H3. The van der Waals surface area contributed by atoms with Gasteiger partial charge in [-0.3, -0.25) is 4.79 Å². The fraction of sp³-hybridized carbons (Fsp3) is 0.769. The van der Waals surface area contributed by atoms with Crippen LogP contribution in [0.3, 0.4) is 0 Å². The molecule has 2 rings (SSSR count). The molecule has 0 aromatic carbocycles. The van der Waals surface area contributed by atoms with Crippen molar-refractivity contribution in [2.75, 3.05) is 19.8 Å². The number of ether oxygens (including phenoxy) is 2. The Morgan fingerprint density at radius 3 is 2.74 bits per heavy atom. The van der Waals surface area contributed by atoms with E-state index in [0.29, 0.717) is 50.8 Å². The minimum absolute atomic E-state index is 0.0904. The van der Waals surface area contributed by atoms with Crippen LogP contribution in [-0.4, -0.2) is 35.7 Å². The molecule has 106 valence electrons. The Kier molecular flexibility index (Phi) is 4.66. The number of hydrogen-bond donors (Lipinski definition) is 0.